The van der Waals surface area contributed by atoms with E-state index >= 15 is 0 Å². The highest BCUT2D eigenvalue weighted by molar-refractivity contribution is 6.05. The summed E-state index contributed by atoms with van der Waals surface area (Å²) in [6, 6.07) is 8.24. The van der Waals surface area contributed by atoms with E-state index in [4.69, 9.17) is 21.0 Å². The lowest BCUT2D eigenvalue weighted by molar-refractivity contribution is -0.0286. The van der Waals surface area contributed by atoms with E-state index in [1.807, 2.05) is 24.3 Å². The summed E-state index contributed by atoms with van der Waals surface area (Å²) in [4.78, 5) is 12.4. The molecule has 1 aliphatic carbocycles. The first-order valence-electron chi connectivity index (χ1n) is 9.75. The van der Waals surface area contributed by atoms with Crippen molar-refractivity contribution in [3.63, 3.8) is 0 Å². The molecule has 30 heavy (non-hydrogen) atoms. The molecule has 9 heteroatoms. The number of benzene rings is 1. The maximum Gasteiger partial charge on any atom is 0.369 e. The Morgan fingerprint density at radius 3 is 2.43 bits per heavy atom. The number of nitrogens with two attached hydrogens (primary N) is 1. The van der Waals surface area contributed by atoms with Gasteiger partial charge in [0.15, 0.2) is 0 Å². The van der Waals surface area contributed by atoms with Crippen LogP contribution in [-0.2, 0) is 10.2 Å². The molecule has 9 nitrogen and oxygen atoms in total. The first kappa shape index (κ1) is 18.4. The molecule has 0 bridgehead atoms. The van der Waals surface area contributed by atoms with Gasteiger partial charge in [-0.25, -0.2) is 9.97 Å². The number of hydrogen-bond donors (Lipinski definition) is 2. The van der Waals surface area contributed by atoms with Gasteiger partial charge in [-0.2, -0.15) is 5.10 Å². The van der Waals surface area contributed by atoms with Gasteiger partial charge in [0.25, 0.3) is 0 Å². The molecule has 1 aliphatic heterocycles. The third kappa shape index (κ3) is 3.22. The van der Waals surface area contributed by atoms with Gasteiger partial charge in [0.05, 0.1) is 30.9 Å². The van der Waals surface area contributed by atoms with Crippen LogP contribution in [0.3, 0.4) is 0 Å². The fraction of sp³-hybridized carbons (Fsp3) is 0.286. The van der Waals surface area contributed by atoms with E-state index in [9.17, 15) is 0 Å². The quantitative estimate of drug-likeness (QED) is 0.378. The van der Waals surface area contributed by atoms with Crippen molar-refractivity contribution in [1.29, 1.82) is 5.41 Å². The summed E-state index contributed by atoms with van der Waals surface area (Å²) in [5.41, 5.74) is 8.65. The average molecular weight is 404 g/mol. The minimum Gasteiger partial charge on any atom is -0.578 e. The summed E-state index contributed by atoms with van der Waals surface area (Å²) < 4.78 is 6.99. The van der Waals surface area contributed by atoms with Crippen molar-refractivity contribution in [2.75, 3.05) is 18.9 Å². The van der Waals surface area contributed by atoms with Gasteiger partial charge in [0.2, 0.25) is 5.95 Å². The third-order valence-electron chi connectivity index (χ3n) is 5.74. The van der Waals surface area contributed by atoms with Crippen LogP contribution >= 0.6 is 0 Å². The van der Waals surface area contributed by atoms with Crippen molar-refractivity contribution in [3.05, 3.63) is 60.2 Å². The van der Waals surface area contributed by atoms with Crippen LogP contribution < -0.4 is 5.73 Å². The minimum absolute atomic E-state index is 0.0633. The van der Waals surface area contributed by atoms with Crippen molar-refractivity contribution in [2.45, 2.75) is 24.3 Å². The molecule has 0 unspecified atom stereocenters. The van der Waals surface area contributed by atoms with Gasteiger partial charge >= 0.3 is 5.90 Å². The van der Waals surface area contributed by atoms with E-state index in [0.717, 1.165) is 29.5 Å². The van der Waals surface area contributed by atoms with Crippen LogP contribution in [0.2, 0.25) is 0 Å². The Labute approximate surface area is 172 Å². The van der Waals surface area contributed by atoms with Crippen LogP contribution in [0.1, 0.15) is 30.0 Å². The van der Waals surface area contributed by atoms with Gasteiger partial charge in [-0.3, -0.25) is 10.1 Å². The van der Waals surface area contributed by atoms with E-state index in [2.05, 4.69) is 20.1 Å². The predicted octanol–water partition coefficient (Wildman–Crippen LogP) is 1.67. The smallest absolute Gasteiger partial charge is 0.369 e. The van der Waals surface area contributed by atoms with Crippen molar-refractivity contribution in [2.24, 2.45) is 4.99 Å². The predicted molar refractivity (Wildman–Crippen MR) is 113 cm³/mol. The number of ether oxygens (including phenoxy) is 1. The molecule has 1 saturated carbocycles. The van der Waals surface area contributed by atoms with Gasteiger partial charge in [-0.05, 0) is 24.0 Å². The molecular weight excluding hydrogens is 382 g/mol. The molecule has 0 atom stereocenters. The van der Waals surface area contributed by atoms with Gasteiger partial charge in [-0.15, -0.1) is 4.99 Å². The Bertz CT molecular complexity index is 1110. The number of hydrogen-bond acceptors (Lipinski definition) is 6. The molecule has 1 saturated heterocycles. The summed E-state index contributed by atoms with van der Waals surface area (Å²) in [6.45, 7) is 1.28. The van der Waals surface area contributed by atoms with Crippen LogP contribution in [0.25, 0.3) is 11.1 Å². The zero-order chi connectivity index (χ0) is 20.7. The lowest BCUT2D eigenvalue weighted by Gasteiger charge is -2.25. The second-order valence-corrected chi connectivity index (χ2v) is 7.70. The normalized spacial score (nSPS) is 18.1. The van der Waals surface area contributed by atoms with Crippen molar-refractivity contribution < 1.29 is 9.84 Å². The summed E-state index contributed by atoms with van der Waals surface area (Å²) in [7, 11) is 0. The highest BCUT2D eigenvalue weighted by Gasteiger charge is 2.49. The lowest BCUT2D eigenvalue weighted by atomic mass is 9.93. The van der Waals surface area contributed by atoms with E-state index in [-0.39, 0.29) is 23.7 Å². The summed E-state index contributed by atoms with van der Waals surface area (Å²) in [5.74, 6) is 0.528. The van der Waals surface area contributed by atoms with Crippen LogP contribution in [-0.4, -0.2) is 49.8 Å². The molecule has 0 spiro atoms. The first-order chi connectivity index (χ1) is 14.5. The van der Waals surface area contributed by atoms with Crippen LogP contribution in [0.15, 0.2) is 54.0 Å². The number of aliphatic imine (C=N–C) groups is 1. The molecule has 3 aromatic rings. The first-order valence-corrected chi connectivity index (χ1v) is 9.75. The molecule has 1 aromatic carbocycles. The minimum atomic E-state index is -0.416. The number of rotatable bonds is 5. The third-order valence-corrected chi connectivity index (χ3v) is 5.74. The monoisotopic (exact) mass is 404 g/mol. The molecule has 2 aromatic heterocycles. The Balaban J connectivity index is 1.34. The van der Waals surface area contributed by atoms with Crippen LogP contribution in [0, 0.1) is 5.41 Å². The standard InChI is InChI=1S/C21H21N7O2/c22-19(27-18(29)15-9-26-28(10-15)17-11-30-12-17)21(5-6-21)16-3-1-13(2-4-16)14-7-24-20(23)25-8-14/h1-4,7-10,17H,5-6,11-12H2,(H2,22,27,29)(H2,23,24,25)/p+1. The van der Waals surface area contributed by atoms with Crippen molar-refractivity contribution in [3.8, 4) is 11.1 Å². The van der Waals surface area contributed by atoms with Crippen LogP contribution in [0.5, 0.6) is 0 Å². The number of aromatic nitrogens is 4. The number of nitrogens with one attached hydrogen (secondary N) is 1. The Kier molecular flexibility index (Phi) is 4.32. The number of nitrogens with zero attached hydrogens (tertiary/aromatic N) is 5. The summed E-state index contributed by atoms with van der Waals surface area (Å²) in [6.07, 6.45) is 8.52. The SMILES string of the molecule is N=C(N=C([OH2+])c1cnn(C2COC2)c1)C1(c2ccc(-c3cnc(N)nc3)cc2)CC1. The molecule has 0 radical (unpaired) electrons. The van der Waals surface area contributed by atoms with Gasteiger partial charge in [0.1, 0.15) is 11.4 Å². The highest BCUT2D eigenvalue weighted by Crippen LogP contribution is 2.49. The molecule has 0 amide bonds. The maximum atomic E-state index is 8.56. The molecule has 152 valence electrons. The number of nitrogen functional groups attached to an aromatic ring is 1. The van der Waals surface area contributed by atoms with E-state index < -0.39 is 5.41 Å². The second kappa shape index (κ2) is 7.03. The Morgan fingerprint density at radius 1 is 1.13 bits per heavy atom. The van der Waals surface area contributed by atoms with Crippen molar-refractivity contribution in [1.82, 2.24) is 19.7 Å². The number of amidine groups is 1. The van der Waals surface area contributed by atoms with Crippen molar-refractivity contribution >= 4 is 17.7 Å². The Hall–Kier alpha value is -3.59. The van der Waals surface area contributed by atoms with Crippen LogP contribution in [0.4, 0.5) is 5.95 Å². The molecule has 5 N–H and O–H groups in total. The highest BCUT2D eigenvalue weighted by atomic mass is 16.5. The average Bonchev–Trinajstić information content (AvgIpc) is 3.40. The van der Waals surface area contributed by atoms with E-state index in [0.29, 0.717) is 18.8 Å². The largest absolute Gasteiger partial charge is 0.578 e. The molecule has 2 fully saturated rings. The molecule has 3 heterocycles. The fourth-order valence-electron chi connectivity index (χ4n) is 3.58. The van der Waals surface area contributed by atoms with Gasteiger partial charge in [-0.1, -0.05) is 24.3 Å². The number of anilines is 1. The molecular formula is C21H22N7O2+. The summed E-state index contributed by atoms with van der Waals surface area (Å²) in [5, 5.41) is 21.2. The lowest BCUT2D eigenvalue weighted by Crippen LogP contribution is -2.30. The van der Waals surface area contributed by atoms with E-state index in [1.54, 1.807) is 29.5 Å². The van der Waals surface area contributed by atoms with E-state index in [1.165, 1.54) is 0 Å². The zero-order valence-corrected chi connectivity index (χ0v) is 16.2. The van der Waals surface area contributed by atoms with Gasteiger partial charge in [0, 0.05) is 24.2 Å². The maximum absolute atomic E-state index is 8.56. The summed E-state index contributed by atoms with van der Waals surface area (Å²) >= 11 is 0. The fourth-order valence-corrected chi connectivity index (χ4v) is 3.58. The zero-order valence-electron chi connectivity index (χ0n) is 16.2. The topological polar surface area (TPSA) is 138 Å². The van der Waals surface area contributed by atoms with Gasteiger partial charge < -0.3 is 15.6 Å². The molecule has 2 aliphatic rings. The molecule has 5 rings (SSSR count). The second-order valence-electron chi connectivity index (χ2n) is 7.70. The Morgan fingerprint density at radius 2 is 1.83 bits per heavy atom.